The van der Waals surface area contributed by atoms with Crippen LogP contribution in [-0.2, 0) is 16.1 Å². The molecule has 0 bridgehead atoms. The number of nitrogens with one attached hydrogen (secondary N) is 1. The molecule has 0 aromatic heterocycles. The SMILES string of the molecule is Cc1cc(C)cc(OCC(=O)NCCOCc2ccccc2)c1. The number of amides is 1. The Balaban J connectivity index is 1.60. The third-order valence-corrected chi connectivity index (χ3v) is 3.25. The van der Waals surface area contributed by atoms with Crippen molar-refractivity contribution in [2.75, 3.05) is 19.8 Å². The molecule has 4 nitrogen and oxygen atoms in total. The Bertz CT molecular complexity index is 606. The van der Waals surface area contributed by atoms with Crippen molar-refractivity contribution in [2.45, 2.75) is 20.5 Å². The highest BCUT2D eigenvalue weighted by Crippen LogP contribution is 2.15. The minimum Gasteiger partial charge on any atom is -0.484 e. The maximum atomic E-state index is 11.7. The lowest BCUT2D eigenvalue weighted by Crippen LogP contribution is -2.31. The lowest BCUT2D eigenvalue weighted by molar-refractivity contribution is -0.123. The van der Waals surface area contributed by atoms with Gasteiger partial charge >= 0.3 is 0 Å². The standard InChI is InChI=1S/C19H23NO3/c1-15-10-16(2)12-18(11-15)23-14-19(21)20-8-9-22-13-17-6-4-3-5-7-17/h3-7,10-12H,8-9,13-14H2,1-2H3,(H,20,21). The normalized spacial score (nSPS) is 10.3. The van der Waals surface area contributed by atoms with Gasteiger partial charge in [0.15, 0.2) is 6.61 Å². The molecule has 0 aliphatic carbocycles. The summed E-state index contributed by atoms with van der Waals surface area (Å²) in [6.45, 7) is 5.53. The molecule has 0 aliphatic heterocycles. The summed E-state index contributed by atoms with van der Waals surface area (Å²) in [6.07, 6.45) is 0. The molecule has 2 rings (SSSR count). The molecule has 2 aromatic carbocycles. The van der Waals surface area contributed by atoms with E-state index in [9.17, 15) is 4.79 Å². The third kappa shape index (κ3) is 6.53. The molecule has 0 unspecified atom stereocenters. The predicted octanol–water partition coefficient (Wildman–Crippen LogP) is 3.02. The summed E-state index contributed by atoms with van der Waals surface area (Å²) in [5, 5.41) is 2.78. The van der Waals surface area contributed by atoms with Gasteiger partial charge in [0, 0.05) is 6.54 Å². The van der Waals surface area contributed by atoms with Gasteiger partial charge in [0.2, 0.25) is 0 Å². The van der Waals surface area contributed by atoms with Crippen molar-refractivity contribution in [3.05, 3.63) is 65.2 Å². The van der Waals surface area contributed by atoms with E-state index in [-0.39, 0.29) is 12.5 Å². The van der Waals surface area contributed by atoms with Gasteiger partial charge in [-0.25, -0.2) is 0 Å². The van der Waals surface area contributed by atoms with E-state index in [0.717, 1.165) is 22.4 Å². The van der Waals surface area contributed by atoms with E-state index in [2.05, 4.69) is 11.4 Å². The largest absolute Gasteiger partial charge is 0.484 e. The number of hydrogen-bond donors (Lipinski definition) is 1. The van der Waals surface area contributed by atoms with E-state index in [1.807, 2.05) is 56.3 Å². The van der Waals surface area contributed by atoms with Crippen molar-refractivity contribution in [3.63, 3.8) is 0 Å². The minimum atomic E-state index is -0.146. The van der Waals surface area contributed by atoms with Crippen LogP contribution < -0.4 is 10.1 Å². The second-order valence-electron chi connectivity index (χ2n) is 5.50. The van der Waals surface area contributed by atoms with Gasteiger partial charge in [-0.1, -0.05) is 36.4 Å². The summed E-state index contributed by atoms with van der Waals surface area (Å²) in [7, 11) is 0. The molecule has 0 heterocycles. The molecular formula is C19H23NO3. The zero-order chi connectivity index (χ0) is 16.5. The topological polar surface area (TPSA) is 47.6 Å². The highest BCUT2D eigenvalue weighted by Gasteiger charge is 2.03. The van der Waals surface area contributed by atoms with Crippen LogP contribution in [0.3, 0.4) is 0 Å². The van der Waals surface area contributed by atoms with E-state index in [1.165, 1.54) is 0 Å². The average molecular weight is 313 g/mol. The number of rotatable bonds is 8. The van der Waals surface area contributed by atoms with Crippen LogP contribution in [0.15, 0.2) is 48.5 Å². The first-order valence-corrected chi connectivity index (χ1v) is 7.73. The van der Waals surface area contributed by atoms with Crippen molar-refractivity contribution in [1.82, 2.24) is 5.32 Å². The van der Waals surface area contributed by atoms with Gasteiger partial charge in [0.25, 0.3) is 5.91 Å². The van der Waals surface area contributed by atoms with Crippen LogP contribution in [0, 0.1) is 13.8 Å². The lowest BCUT2D eigenvalue weighted by atomic mass is 10.1. The summed E-state index contributed by atoms with van der Waals surface area (Å²) in [5.74, 6) is 0.574. The number of hydrogen-bond acceptors (Lipinski definition) is 3. The van der Waals surface area contributed by atoms with Gasteiger partial charge in [-0.3, -0.25) is 4.79 Å². The molecule has 122 valence electrons. The highest BCUT2D eigenvalue weighted by atomic mass is 16.5. The van der Waals surface area contributed by atoms with Crippen molar-refractivity contribution in [1.29, 1.82) is 0 Å². The van der Waals surface area contributed by atoms with Crippen molar-refractivity contribution < 1.29 is 14.3 Å². The van der Waals surface area contributed by atoms with Crippen molar-refractivity contribution in [2.24, 2.45) is 0 Å². The van der Waals surface area contributed by atoms with Crippen LogP contribution in [0.2, 0.25) is 0 Å². The fraction of sp³-hybridized carbons (Fsp3) is 0.316. The van der Waals surface area contributed by atoms with E-state index in [0.29, 0.717) is 19.8 Å². The van der Waals surface area contributed by atoms with Gasteiger partial charge in [-0.15, -0.1) is 0 Å². The van der Waals surface area contributed by atoms with Crippen LogP contribution in [0.4, 0.5) is 0 Å². The molecule has 4 heteroatoms. The van der Waals surface area contributed by atoms with Gasteiger partial charge in [0.1, 0.15) is 5.75 Å². The second-order valence-corrected chi connectivity index (χ2v) is 5.50. The Hall–Kier alpha value is -2.33. The van der Waals surface area contributed by atoms with Gasteiger partial charge < -0.3 is 14.8 Å². The highest BCUT2D eigenvalue weighted by molar-refractivity contribution is 5.77. The molecule has 0 spiro atoms. The minimum absolute atomic E-state index is 0.0155. The number of carbonyl (C=O) groups is 1. The lowest BCUT2D eigenvalue weighted by Gasteiger charge is -2.09. The van der Waals surface area contributed by atoms with Gasteiger partial charge in [-0.2, -0.15) is 0 Å². The average Bonchev–Trinajstić information content (AvgIpc) is 2.53. The van der Waals surface area contributed by atoms with Gasteiger partial charge in [0.05, 0.1) is 13.2 Å². The summed E-state index contributed by atoms with van der Waals surface area (Å²) < 4.78 is 11.0. The number of benzene rings is 2. The molecule has 0 saturated heterocycles. The van der Waals surface area contributed by atoms with E-state index < -0.39 is 0 Å². The molecule has 0 radical (unpaired) electrons. The monoisotopic (exact) mass is 313 g/mol. The summed E-state index contributed by atoms with van der Waals surface area (Å²) in [4.78, 5) is 11.7. The second kappa shape index (κ2) is 8.96. The molecule has 0 saturated carbocycles. The molecule has 0 atom stereocenters. The van der Waals surface area contributed by atoms with Crippen LogP contribution in [0.5, 0.6) is 5.75 Å². The quantitative estimate of drug-likeness (QED) is 0.762. The Morgan fingerprint density at radius 1 is 1.04 bits per heavy atom. The van der Waals surface area contributed by atoms with E-state index in [1.54, 1.807) is 0 Å². The molecule has 0 fully saturated rings. The Morgan fingerprint density at radius 3 is 2.43 bits per heavy atom. The summed E-state index contributed by atoms with van der Waals surface area (Å²) >= 11 is 0. The molecule has 1 N–H and O–H groups in total. The van der Waals surface area contributed by atoms with Crippen LogP contribution in [-0.4, -0.2) is 25.7 Å². The first kappa shape index (κ1) is 17.0. The zero-order valence-electron chi connectivity index (χ0n) is 13.7. The van der Waals surface area contributed by atoms with Crippen LogP contribution >= 0.6 is 0 Å². The van der Waals surface area contributed by atoms with Gasteiger partial charge in [-0.05, 0) is 42.7 Å². The molecule has 23 heavy (non-hydrogen) atoms. The molecule has 1 amide bonds. The van der Waals surface area contributed by atoms with Crippen LogP contribution in [0.25, 0.3) is 0 Å². The predicted molar refractivity (Wildman–Crippen MR) is 90.5 cm³/mol. The smallest absolute Gasteiger partial charge is 0.258 e. The number of aryl methyl sites for hydroxylation is 2. The summed E-state index contributed by atoms with van der Waals surface area (Å²) in [5.41, 5.74) is 3.36. The fourth-order valence-electron chi connectivity index (χ4n) is 2.24. The Kier molecular flexibility index (Phi) is 6.63. The zero-order valence-corrected chi connectivity index (χ0v) is 13.7. The number of carbonyl (C=O) groups excluding carboxylic acids is 1. The maximum Gasteiger partial charge on any atom is 0.258 e. The first-order valence-electron chi connectivity index (χ1n) is 7.73. The van der Waals surface area contributed by atoms with Crippen molar-refractivity contribution >= 4 is 5.91 Å². The molecule has 2 aromatic rings. The van der Waals surface area contributed by atoms with E-state index >= 15 is 0 Å². The molecular weight excluding hydrogens is 290 g/mol. The maximum absolute atomic E-state index is 11.7. The van der Waals surface area contributed by atoms with Crippen LogP contribution in [0.1, 0.15) is 16.7 Å². The fourth-order valence-corrected chi connectivity index (χ4v) is 2.24. The Labute approximate surface area is 137 Å². The summed E-state index contributed by atoms with van der Waals surface area (Å²) in [6, 6.07) is 15.9. The van der Waals surface area contributed by atoms with Crippen molar-refractivity contribution in [3.8, 4) is 5.75 Å². The third-order valence-electron chi connectivity index (χ3n) is 3.25. The van der Waals surface area contributed by atoms with E-state index in [4.69, 9.17) is 9.47 Å². The number of ether oxygens (including phenoxy) is 2. The molecule has 0 aliphatic rings. The Morgan fingerprint density at radius 2 is 1.74 bits per heavy atom. The first-order chi connectivity index (χ1) is 11.1.